The molecule has 1 fully saturated rings. The normalized spacial score (nSPS) is 19.0. The number of methoxy groups -OCH3 is 1. The van der Waals surface area contributed by atoms with Crippen molar-refractivity contribution in [3.05, 3.63) is 64.4 Å². The van der Waals surface area contributed by atoms with Gasteiger partial charge in [0.25, 0.3) is 5.91 Å². The first-order valence-electron chi connectivity index (χ1n) is 9.92. The molecule has 0 atom stereocenters. The van der Waals surface area contributed by atoms with Crippen LogP contribution in [0.2, 0.25) is 5.02 Å². The Morgan fingerprint density at radius 1 is 1.10 bits per heavy atom. The Kier molecular flexibility index (Phi) is 7.47. The van der Waals surface area contributed by atoms with Gasteiger partial charge in [0.15, 0.2) is 6.54 Å². The number of halogens is 2. The Morgan fingerprint density at radius 2 is 1.76 bits per heavy atom. The molecule has 1 saturated heterocycles. The van der Waals surface area contributed by atoms with E-state index in [1.165, 1.54) is 15.9 Å². The lowest BCUT2D eigenvalue weighted by molar-refractivity contribution is -1.02. The second-order valence-corrected chi connectivity index (χ2v) is 8.12. The third-order valence-electron chi connectivity index (χ3n) is 5.51. The average molecular weight is 422 g/mol. The highest BCUT2D eigenvalue weighted by Gasteiger charge is 2.26. The third-order valence-corrected chi connectivity index (χ3v) is 5.76. The summed E-state index contributed by atoms with van der Waals surface area (Å²) in [5.74, 6) is 0.636. The molecule has 0 aliphatic carbocycles. The topological polar surface area (TPSA) is 38.4 Å². The number of nitrogens with one attached hydrogen (secondary N) is 2. The Morgan fingerprint density at radius 3 is 2.41 bits per heavy atom. The summed E-state index contributed by atoms with van der Waals surface area (Å²) in [6.07, 6.45) is 0. The average Bonchev–Trinajstić information content (AvgIpc) is 2.71. The molecule has 0 spiro atoms. The van der Waals surface area contributed by atoms with Crippen LogP contribution in [0, 0.1) is 5.82 Å². The summed E-state index contributed by atoms with van der Waals surface area (Å²) in [6.45, 7) is 5.56. The lowest BCUT2D eigenvalue weighted by Gasteiger charge is -2.30. The van der Waals surface area contributed by atoms with E-state index in [0.717, 1.165) is 49.6 Å². The van der Waals surface area contributed by atoms with Crippen molar-refractivity contribution in [2.45, 2.75) is 13.1 Å². The van der Waals surface area contributed by atoms with Gasteiger partial charge in [-0.1, -0.05) is 23.7 Å². The van der Waals surface area contributed by atoms with E-state index >= 15 is 0 Å². The SMILES string of the molecule is COc1ccc(F)cc1C[NH+]1CC[NH+](CC(=O)N(C)Cc2ccc(Cl)cc2)CC1. The minimum absolute atomic E-state index is 0.144. The first kappa shape index (κ1) is 21.6. The fourth-order valence-corrected chi connectivity index (χ4v) is 3.89. The first-order valence-corrected chi connectivity index (χ1v) is 10.3. The summed E-state index contributed by atoms with van der Waals surface area (Å²) in [5.41, 5.74) is 1.96. The van der Waals surface area contributed by atoms with Gasteiger partial charge in [0, 0.05) is 18.6 Å². The molecule has 0 bridgehead atoms. The second-order valence-electron chi connectivity index (χ2n) is 7.69. The van der Waals surface area contributed by atoms with Crippen LogP contribution in [0.1, 0.15) is 11.1 Å². The Bertz CT molecular complexity index is 823. The summed E-state index contributed by atoms with van der Waals surface area (Å²) >= 11 is 5.92. The van der Waals surface area contributed by atoms with E-state index in [0.29, 0.717) is 18.1 Å². The molecular weight excluding hydrogens is 393 g/mol. The predicted octanol–water partition coefficient (Wildman–Crippen LogP) is 0.430. The first-order chi connectivity index (χ1) is 13.9. The zero-order chi connectivity index (χ0) is 20.8. The Hall–Kier alpha value is -2.15. The standard InChI is InChI=1S/C22H27ClFN3O2/c1-25(14-17-3-5-19(23)6-4-17)22(28)16-27-11-9-26(10-12-27)15-18-13-20(24)7-8-21(18)29-2/h3-8,13H,9-12,14-16H2,1-2H3/p+2. The maximum absolute atomic E-state index is 13.6. The third kappa shape index (κ3) is 6.16. The van der Waals surface area contributed by atoms with Crippen molar-refractivity contribution in [3.8, 4) is 5.75 Å². The number of ether oxygens (including phenoxy) is 1. The molecule has 0 saturated carbocycles. The molecule has 1 heterocycles. The minimum Gasteiger partial charge on any atom is -0.496 e. The van der Waals surface area contributed by atoms with E-state index in [9.17, 15) is 9.18 Å². The molecule has 2 N–H and O–H groups in total. The molecule has 0 unspecified atom stereocenters. The van der Waals surface area contributed by atoms with Crippen LogP contribution in [0.25, 0.3) is 0 Å². The smallest absolute Gasteiger partial charge is 0.277 e. The Labute approximate surface area is 176 Å². The second kappa shape index (κ2) is 10.1. The molecule has 1 aliphatic heterocycles. The zero-order valence-electron chi connectivity index (χ0n) is 17.0. The maximum Gasteiger partial charge on any atom is 0.277 e. The van der Waals surface area contributed by atoms with E-state index in [1.54, 1.807) is 24.1 Å². The van der Waals surface area contributed by atoms with Crippen molar-refractivity contribution >= 4 is 17.5 Å². The summed E-state index contributed by atoms with van der Waals surface area (Å²) < 4.78 is 18.9. The molecule has 0 aromatic heterocycles. The number of carbonyl (C=O) groups excluding carboxylic acids is 1. The molecule has 5 nitrogen and oxygen atoms in total. The number of quaternary nitrogens is 2. The highest BCUT2D eigenvalue weighted by Crippen LogP contribution is 2.18. The van der Waals surface area contributed by atoms with E-state index in [-0.39, 0.29) is 11.7 Å². The number of hydrogen-bond donors (Lipinski definition) is 2. The Balaban J connectivity index is 1.46. The number of amides is 1. The highest BCUT2D eigenvalue weighted by atomic mass is 35.5. The van der Waals surface area contributed by atoms with Gasteiger partial charge in [-0.05, 0) is 35.9 Å². The monoisotopic (exact) mass is 421 g/mol. The molecule has 0 radical (unpaired) electrons. The van der Waals surface area contributed by atoms with Gasteiger partial charge < -0.3 is 19.4 Å². The minimum atomic E-state index is -0.237. The molecule has 2 aromatic rings. The van der Waals surface area contributed by atoms with Gasteiger partial charge >= 0.3 is 0 Å². The number of rotatable bonds is 7. The maximum atomic E-state index is 13.6. The molecule has 156 valence electrons. The fraction of sp³-hybridized carbons (Fsp3) is 0.409. The quantitative estimate of drug-likeness (QED) is 0.680. The van der Waals surface area contributed by atoms with Gasteiger partial charge in [-0.15, -0.1) is 0 Å². The van der Waals surface area contributed by atoms with Crippen molar-refractivity contribution < 1.29 is 23.7 Å². The van der Waals surface area contributed by atoms with Crippen LogP contribution in [-0.2, 0) is 17.9 Å². The van der Waals surface area contributed by atoms with E-state index in [2.05, 4.69) is 0 Å². The van der Waals surface area contributed by atoms with Crippen molar-refractivity contribution in [3.63, 3.8) is 0 Å². The lowest BCUT2D eigenvalue weighted by Crippen LogP contribution is -3.28. The number of hydrogen-bond acceptors (Lipinski definition) is 2. The molecule has 1 amide bonds. The van der Waals surface area contributed by atoms with Gasteiger partial charge in [0.2, 0.25) is 0 Å². The number of likely N-dealkylation sites (N-methyl/N-ethyl adjacent to an activating group) is 1. The van der Waals surface area contributed by atoms with Gasteiger partial charge in [0.1, 0.15) is 44.3 Å². The lowest BCUT2D eigenvalue weighted by atomic mass is 10.1. The van der Waals surface area contributed by atoms with Crippen LogP contribution < -0.4 is 14.5 Å². The highest BCUT2D eigenvalue weighted by molar-refractivity contribution is 6.30. The van der Waals surface area contributed by atoms with Crippen LogP contribution in [0.4, 0.5) is 4.39 Å². The summed E-state index contributed by atoms with van der Waals surface area (Å²) in [5, 5.41) is 0.698. The molecule has 7 heteroatoms. The van der Waals surface area contributed by atoms with Crippen LogP contribution in [-0.4, -0.2) is 57.7 Å². The zero-order valence-corrected chi connectivity index (χ0v) is 17.8. The van der Waals surface area contributed by atoms with E-state index in [1.807, 2.05) is 31.3 Å². The molecule has 29 heavy (non-hydrogen) atoms. The van der Waals surface area contributed by atoms with Gasteiger partial charge in [-0.2, -0.15) is 0 Å². The largest absolute Gasteiger partial charge is 0.496 e. The van der Waals surface area contributed by atoms with E-state index in [4.69, 9.17) is 16.3 Å². The van der Waals surface area contributed by atoms with Crippen LogP contribution in [0.5, 0.6) is 5.75 Å². The van der Waals surface area contributed by atoms with Crippen molar-refractivity contribution in [2.24, 2.45) is 0 Å². The van der Waals surface area contributed by atoms with E-state index < -0.39 is 0 Å². The van der Waals surface area contributed by atoms with Crippen LogP contribution in [0.3, 0.4) is 0 Å². The van der Waals surface area contributed by atoms with Gasteiger partial charge in [0.05, 0.1) is 12.7 Å². The summed E-state index contributed by atoms with van der Waals surface area (Å²) in [7, 11) is 3.45. The summed E-state index contributed by atoms with van der Waals surface area (Å²) in [6, 6.07) is 12.2. The van der Waals surface area contributed by atoms with Gasteiger partial charge in [-0.3, -0.25) is 4.79 Å². The summed E-state index contributed by atoms with van der Waals surface area (Å²) in [4.78, 5) is 17.0. The van der Waals surface area contributed by atoms with Crippen molar-refractivity contribution in [1.82, 2.24) is 4.90 Å². The molecule has 1 aliphatic rings. The number of nitrogens with zero attached hydrogens (tertiary/aromatic N) is 1. The molecule has 2 aromatic carbocycles. The molecular formula is C22H29ClFN3O2+2. The van der Waals surface area contributed by atoms with Crippen LogP contribution in [0.15, 0.2) is 42.5 Å². The number of carbonyl (C=O) groups is 1. The molecule has 3 rings (SSSR count). The van der Waals surface area contributed by atoms with Crippen LogP contribution >= 0.6 is 11.6 Å². The van der Waals surface area contributed by atoms with Crippen molar-refractivity contribution in [2.75, 3.05) is 46.9 Å². The predicted molar refractivity (Wildman–Crippen MR) is 111 cm³/mol. The number of piperazine rings is 1. The van der Waals surface area contributed by atoms with Crippen molar-refractivity contribution in [1.29, 1.82) is 0 Å². The fourth-order valence-electron chi connectivity index (χ4n) is 3.77. The van der Waals surface area contributed by atoms with Gasteiger partial charge in [-0.25, -0.2) is 4.39 Å². The number of benzene rings is 2.